The summed E-state index contributed by atoms with van der Waals surface area (Å²) in [6.07, 6.45) is -11.9. The van der Waals surface area contributed by atoms with E-state index in [-0.39, 0.29) is 5.75 Å². The molecule has 0 spiro atoms. The van der Waals surface area contributed by atoms with Gasteiger partial charge in [0.05, 0.1) is 14.2 Å². The van der Waals surface area contributed by atoms with Crippen molar-refractivity contribution in [2.24, 2.45) is 0 Å². The second-order valence-electron chi connectivity index (χ2n) is 3.77. The van der Waals surface area contributed by atoms with E-state index >= 15 is 0 Å². The molecule has 0 aliphatic heterocycles. The monoisotopic (exact) mass is 304 g/mol. The maximum atomic E-state index is 12.7. The number of hydrogen-bond acceptors (Lipinski definition) is 3. The fourth-order valence-corrected chi connectivity index (χ4v) is 1.56. The van der Waals surface area contributed by atoms with Crippen molar-refractivity contribution in [2.75, 3.05) is 14.2 Å². The van der Waals surface area contributed by atoms with Gasteiger partial charge in [0.15, 0.2) is 0 Å². The molecule has 1 rings (SSSR count). The quantitative estimate of drug-likeness (QED) is 0.873. The van der Waals surface area contributed by atoms with Crippen molar-refractivity contribution < 1.29 is 40.9 Å². The average Bonchev–Trinajstić information content (AvgIpc) is 2.34. The lowest BCUT2D eigenvalue weighted by atomic mass is 9.91. The number of halogens is 6. The minimum atomic E-state index is -5.97. The first-order chi connectivity index (χ1) is 8.99. The number of aliphatic hydroxyl groups is 1. The minimum Gasteiger partial charge on any atom is -0.497 e. The Bertz CT molecular complexity index is 466. The third-order valence-corrected chi connectivity index (χ3v) is 2.62. The van der Waals surface area contributed by atoms with Crippen molar-refractivity contribution in [3.63, 3.8) is 0 Å². The van der Waals surface area contributed by atoms with E-state index in [4.69, 9.17) is 0 Å². The van der Waals surface area contributed by atoms with Gasteiger partial charge in [-0.25, -0.2) is 0 Å². The summed E-state index contributed by atoms with van der Waals surface area (Å²) in [6.45, 7) is 0. The van der Waals surface area contributed by atoms with Gasteiger partial charge in [0.2, 0.25) is 0 Å². The molecule has 0 aromatic heterocycles. The molecule has 0 aliphatic rings. The van der Waals surface area contributed by atoms with Gasteiger partial charge in [-0.15, -0.1) is 0 Å². The molecule has 9 heteroatoms. The number of benzene rings is 1. The Hall–Kier alpha value is -1.64. The van der Waals surface area contributed by atoms with Crippen LogP contribution in [0.4, 0.5) is 26.3 Å². The van der Waals surface area contributed by atoms with Gasteiger partial charge in [0.25, 0.3) is 5.60 Å². The number of alkyl halides is 6. The second kappa shape index (κ2) is 5.04. The smallest absolute Gasteiger partial charge is 0.430 e. The van der Waals surface area contributed by atoms with Crippen molar-refractivity contribution in [3.8, 4) is 11.5 Å². The Kier molecular flexibility index (Phi) is 4.14. The van der Waals surface area contributed by atoms with Crippen molar-refractivity contribution in [2.45, 2.75) is 18.0 Å². The SMILES string of the molecule is COc1ccc(C(O)(C(F)(F)F)C(F)(F)F)c(OC)c1. The first-order valence-electron chi connectivity index (χ1n) is 5.07. The van der Waals surface area contributed by atoms with Crippen LogP contribution in [0.25, 0.3) is 0 Å². The molecule has 0 radical (unpaired) electrons. The third-order valence-electron chi connectivity index (χ3n) is 2.62. The molecule has 0 amide bonds. The van der Waals surface area contributed by atoms with E-state index in [1.165, 1.54) is 7.11 Å². The van der Waals surface area contributed by atoms with Crippen molar-refractivity contribution in [3.05, 3.63) is 23.8 Å². The summed E-state index contributed by atoms with van der Waals surface area (Å²) in [6, 6.07) is 2.14. The molecule has 1 N–H and O–H groups in total. The van der Waals surface area contributed by atoms with Crippen molar-refractivity contribution in [1.29, 1.82) is 0 Å². The maximum absolute atomic E-state index is 12.7. The molecule has 0 bridgehead atoms. The van der Waals surface area contributed by atoms with Gasteiger partial charge in [-0.05, 0) is 12.1 Å². The molecule has 20 heavy (non-hydrogen) atoms. The first kappa shape index (κ1) is 16.4. The maximum Gasteiger partial charge on any atom is 0.430 e. The summed E-state index contributed by atoms with van der Waals surface area (Å²) in [5.74, 6) is -0.807. The zero-order valence-corrected chi connectivity index (χ0v) is 10.3. The number of ether oxygens (including phenoxy) is 2. The summed E-state index contributed by atoms with van der Waals surface area (Å²) < 4.78 is 85.5. The highest BCUT2D eigenvalue weighted by molar-refractivity contribution is 5.45. The van der Waals surface area contributed by atoms with Crippen LogP contribution < -0.4 is 9.47 Å². The van der Waals surface area contributed by atoms with Crippen LogP contribution in [0.5, 0.6) is 11.5 Å². The molecule has 0 fully saturated rings. The zero-order valence-electron chi connectivity index (χ0n) is 10.3. The Labute approximate surface area is 109 Å². The molecule has 114 valence electrons. The number of methoxy groups -OCH3 is 2. The lowest BCUT2D eigenvalue weighted by Gasteiger charge is -2.33. The van der Waals surface area contributed by atoms with Gasteiger partial charge < -0.3 is 14.6 Å². The van der Waals surface area contributed by atoms with Gasteiger partial charge >= 0.3 is 12.4 Å². The highest BCUT2D eigenvalue weighted by atomic mass is 19.4. The molecule has 3 nitrogen and oxygen atoms in total. The Balaban J connectivity index is 3.59. The molecule has 0 aliphatic carbocycles. The van der Waals surface area contributed by atoms with Gasteiger partial charge in [0, 0.05) is 11.6 Å². The topological polar surface area (TPSA) is 38.7 Å². The molecule has 0 atom stereocenters. The van der Waals surface area contributed by atoms with Gasteiger partial charge in [-0.3, -0.25) is 0 Å². The van der Waals surface area contributed by atoms with Crippen LogP contribution in [0.1, 0.15) is 5.56 Å². The van der Waals surface area contributed by atoms with E-state index in [0.29, 0.717) is 6.07 Å². The predicted molar refractivity (Wildman–Crippen MR) is 55.6 cm³/mol. The molecule has 0 saturated carbocycles. The summed E-state index contributed by atoms with van der Waals surface area (Å²) in [7, 11) is 2.06. The van der Waals surface area contributed by atoms with Crippen LogP contribution in [-0.2, 0) is 5.60 Å². The second-order valence-corrected chi connectivity index (χ2v) is 3.77. The zero-order chi connectivity index (χ0) is 15.8. The molecule has 0 unspecified atom stereocenters. The summed E-state index contributed by atoms with van der Waals surface area (Å²) in [5, 5.41) is 9.26. The largest absolute Gasteiger partial charge is 0.497 e. The van der Waals surface area contributed by atoms with E-state index in [2.05, 4.69) is 9.47 Å². The Morgan fingerprint density at radius 2 is 1.40 bits per heavy atom. The Morgan fingerprint density at radius 3 is 1.75 bits per heavy atom. The van der Waals surface area contributed by atoms with E-state index in [0.717, 1.165) is 19.2 Å². The minimum absolute atomic E-state index is 0.0164. The predicted octanol–water partition coefficient (Wildman–Crippen LogP) is 3.02. The molecular formula is C11H10F6O3. The summed E-state index contributed by atoms with van der Waals surface area (Å²) >= 11 is 0. The number of rotatable bonds is 3. The fourth-order valence-electron chi connectivity index (χ4n) is 1.56. The summed E-state index contributed by atoms with van der Waals surface area (Å²) in [4.78, 5) is 0. The van der Waals surface area contributed by atoms with Crippen LogP contribution in [0.3, 0.4) is 0 Å². The van der Waals surface area contributed by atoms with Crippen LogP contribution in [-0.4, -0.2) is 31.7 Å². The van der Waals surface area contributed by atoms with E-state index in [9.17, 15) is 31.4 Å². The summed E-state index contributed by atoms with van der Waals surface area (Å²) in [5.41, 5.74) is -6.49. The third kappa shape index (κ3) is 2.49. The average molecular weight is 304 g/mol. The van der Waals surface area contributed by atoms with Crippen molar-refractivity contribution >= 4 is 0 Å². The van der Waals surface area contributed by atoms with Crippen LogP contribution in [0.15, 0.2) is 18.2 Å². The van der Waals surface area contributed by atoms with Crippen LogP contribution >= 0.6 is 0 Å². The fraction of sp³-hybridized carbons (Fsp3) is 0.455. The van der Waals surface area contributed by atoms with E-state index < -0.39 is 29.3 Å². The van der Waals surface area contributed by atoms with E-state index in [1.807, 2.05) is 0 Å². The van der Waals surface area contributed by atoms with Gasteiger partial charge in [0.1, 0.15) is 11.5 Å². The normalized spacial score (nSPS) is 13.2. The molecule has 0 saturated heterocycles. The van der Waals surface area contributed by atoms with Crippen molar-refractivity contribution in [1.82, 2.24) is 0 Å². The highest BCUT2D eigenvalue weighted by Gasteiger charge is 2.72. The standard InChI is InChI=1S/C11H10F6O3/c1-19-6-3-4-7(8(5-6)20-2)9(18,10(12,13)14)11(15,16)17/h3-5,18H,1-2H3. The highest BCUT2D eigenvalue weighted by Crippen LogP contribution is 2.52. The molecular weight excluding hydrogens is 294 g/mol. The van der Waals surface area contributed by atoms with Crippen LogP contribution in [0, 0.1) is 0 Å². The number of hydrogen-bond donors (Lipinski definition) is 1. The first-order valence-corrected chi connectivity index (χ1v) is 5.07. The Morgan fingerprint density at radius 1 is 0.900 bits per heavy atom. The molecule has 1 aromatic rings. The lowest BCUT2D eigenvalue weighted by molar-refractivity contribution is -0.376. The lowest BCUT2D eigenvalue weighted by Crippen LogP contribution is -2.54. The van der Waals surface area contributed by atoms with E-state index in [1.54, 1.807) is 0 Å². The molecule has 1 aromatic carbocycles. The molecule has 0 heterocycles. The van der Waals surface area contributed by atoms with Gasteiger partial charge in [-0.2, -0.15) is 26.3 Å². The van der Waals surface area contributed by atoms with Gasteiger partial charge in [-0.1, -0.05) is 0 Å². The van der Waals surface area contributed by atoms with Crippen LogP contribution in [0.2, 0.25) is 0 Å².